The van der Waals surface area contributed by atoms with Gasteiger partial charge in [-0.05, 0) is 24.3 Å². The van der Waals surface area contributed by atoms with Crippen LogP contribution in [0.5, 0.6) is 0 Å². The van der Waals surface area contributed by atoms with Crippen LogP contribution in [0.2, 0.25) is 0 Å². The van der Waals surface area contributed by atoms with E-state index in [2.05, 4.69) is 5.32 Å². The van der Waals surface area contributed by atoms with Crippen LogP contribution in [0.1, 0.15) is 0 Å². The van der Waals surface area contributed by atoms with Crippen molar-refractivity contribution < 1.29 is 4.57 Å². The molecule has 0 aliphatic carbocycles. The Hall–Kier alpha value is -2.31. The first-order valence-corrected chi connectivity index (χ1v) is 8.95. The standard InChI is InChI=1S/C19H18NOP/c1-20-16-12-14-19(15-13-16)22(21,17-8-4-2-5-9-17)18-10-6-3-7-11-18/h2-15,20H,1H3. The molecule has 2 nitrogen and oxygen atoms in total. The number of rotatable bonds is 4. The lowest BCUT2D eigenvalue weighted by Gasteiger charge is -2.20. The molecule has 0 fully saturated rings. The zero-order valence-corrected chi connectivity index (χ0v) is 13.3. The Bertz CT molecular complexity index is 739. The summed E-state index contributed by atoms with van der Waals surface area (Å²) in [5, 5.41) is 5.67. The predicted molar refractivity (Wildman–Crippen MR) is 95.4 cm³/mol. The van der Waals surface area contributed by atoms with Crippen LogP contribution in [-0.2, 0) is 4.57 Å². The smallest absolute Gasteiger partial charge is 0.171 e. The number of hydrogen-bond acceptors (Lipinski definition) is 2. The molecule has 3 rings (SSSR count). The van der Waals surface area contributed by atoms with E-state index in [1.54, 1.807) is 0 Å². The highest BCUT2D eigenvalue weighted by molar-refractivity contribution is 7.85. The fourth-order valence-corrected chi connectivity index (χ4v) is 5.21. The second-order valence-electron chi connectivity index (χ2n) is 5.08. The Morgan fingerprint density at radius 3 is 1.45 bits per heavy atom. The van der Waals surface area contributed by atoms with Crippen LogP contribution in [0.3, 0.4) is 0 Å². The second-order valence-corrected chi connectivity index (χ2v) is 7.84. The van der Waals surface area contributed by atoms with Crippen LogP contribution in [0.4, 0.5) is 5.69 Å². The van der Waals surface area contributed by atoms with Gasteiger partial charge in [-0.2, -0.15) is 0 Å². The summed E-state index contributed by atoms with van der Waals surface area (Å²) in [6, 6.07) is 27.3. The van der Waals surface area contributed by atoms with Crippen LogP contribution >= 0.6 is 7.14 Å². The third kappa shape index (κ3) is 2.58. The molecule has 22 heavy (non-hydrogen) atoms. The molecule has 0 aliphatic rings. The molecular formula is C19H18NOP. The van der Waals surface area contributed by atoms with Gasteiger partial charge in [0.1, 0.15) is 0 Å². The summed E-state index contributed by atoms with van der Waals surface area (Å²) in [6.45, 7) is 0. The van der Waals surface area contributed by atoms with Crippen molar-refractivity contribution in [1.29, 1.82) is 0 Å². The van der Waals surface area contributed by atoms with Gasteiger partial charge in [0.2, 0.25) is 0 Å². The topological polar surface area (TPSA) is 29.1 Å². The zero-order valence-electron chi connectivity index (χ0n) is 12.4. The predicted octanol–water partition coefficient (Wildman–Crippen LogP) is 3.37. The maximum absolute atomic E-state index is 14.0. The monoisotopic (exact) mass is 307 g/mol. The maximum atomic E-state index is 14.0. The van der Waals surface area contributed by atoms with Crippen molar-refractivity contribution in [2.45, 2.75) is 0 Å². The van der Waals surface area contributed by atoms with Crippen LogP contribution in [0.15, 0.2) is 84.9 Å². The third-order valence-electron chi connectivity index (χ3n) is 3.76. The molecule has 3 aromatic carbocycles. The molecule has 0 saturated carbocycles. The maximum Gasteiger partial charge on any atom is 0.171 e. The fraction of sp³-hybridized carbons (Fsp3) is 0.0526. The molecule has 0 spiro atoms. The summed E-state index contributed by atoms with van der Waals surface area (Å²) in [7, 11) is -0.957. The van der Waals surface area contributed by atoms with Crippen molar-refractivity contribution in [1.82, 2.24) is 0 Å². The average Bonchev–Trinajstić information content (AvgIpc) is 2.62. The summed E-state index contributed by atoms with van der Waals surface area (Å²) in [4.78, 5) is 0. The lowest BCUT2D eigenvalue weighted by atomic mass is 10.3. The van der Waals surface area contributed by atoms with Gasteiger partial charge in [-0.1, -0.05) is 60.7 Å². The van der Waals surface area contributed by atoms with Gasteiger partial charge in [0.15, 0.2) is 7.14 Å². The van der Waals surface area contributed by atoms with Crippen LogP contribution < -0.4 is 21.2 Å². The van der Waals surface area contributed by atoms with Gasteiger partial charge >= 0.3 is 0 Å². The van der Waals surface area contributed by atoms with E-state index in [9.17, 15) is 4.57 Å². The molecule has 1 N–H and O–H groups in total. The first-order valence-electron chi connectivity index (χ1n) is 7.25. The van der Waals surface area contributed by atoms with E-state index in [1.165, 1.54) is 0 Å². The van der Waals surface area contributed by atoms with Crippen molar-refractivity contribution in [2.24, 2.45) is 0 Å². The zero-order chi connectivity index (χ0) is 15.4. The Labute approximate surface area is 131 Å². The fourth-order valence-electron chi connectivity index (χ4n) is 2.56. The van der Waals surface area contributed by atoms with E-state index in [1.807, 2.05) is 92.0 Å². The lowest BCUT2D eigenvalue weighted by Crippen LogP contribution is -2.24. The minimum Gasteiger partial charge on any atom is -0.388 e. The molecule has 0 radical (unpaired) electrons. The highest BCUT2D eigenvalue weighted by Gasteiger charge is 2.29. The summed E-state index contributed by atoms with van der Waals surface area (Å²) < 4.78 is 14.0. The molecule has 0 amide bonds. The molecule has 0 unspecified atom stereocenters. The average molecular weight is 307 g/mol. The molecular weight excluding hydrogens is 289 g/mol. The number of nitrogens with one attached hydrogen (secondary N) is 1. The van der Waals surface area contributed by atoms with E-state index in [4.69, 9.17) is 0 Å². The van der Waals surface area contributed by atoms with E-state index in [0.717, 1.165) is 21.6 Å². The van der Waals surface area contributed by atoms with Crippen molar-refractivity contribution in [3.63, 3.8) is 0 Å². The Kier molecular flexibility index (Phi) is 4.13. The molecule has 0 aromatic heterocycles. The Morgan fingerprint density at radius 2 is 1.05 bits per heavy atom. The van der Waals surface area contributed by atoms with Crippen molar-refractivity contribution >= 4 is 28.7 Å². The van der Waals surface area contributed by atoms with E-state index in [0.29, 0.717) is 0 Å². The SMILES string of the molecule is CNc1ccc(P(=O)(c2ccccc2)c2ccccc2)cc1. The van der Waals surface area contributed by atoms with E-state index in [-0.39, 0.29) is 0 Å². The largest absolute Gasteiger partial charge is 0.388 e. The number of anilines is 1. The number of benzene rings is 3. The number of hydrogen-bond donors (Lipinski definition) is 1. The first-order chi connectivity index (χ1) is 10.7. The van der Waals surface area contributed by atoms with E-state index < -0.39 is 7.14 Å². The highest BCUT2D eigenvalue weighted by atomic mass is 31.2. The molecule has 3 aromatic rings. The molecule has 0 bridgehead atoms. The van der Waals surface area contributed by atoms with Crippen molar-refractivity contribution in [3.8, 4) is 0 Å². The van der Waals surface area contributed by atoms with Crippen LogP contribution in [-0.4, -0.2) is 7.05 Å². The van der Waals surface area contributed by atoms with Crippen molar-refractivity contribution in [2.75, 3.05) is 12.4 Å². The molecule has 0 heterocycles. The Morgan fingerprint density at radius 1 is 0.636 bits per heavy atom. The highest BCUT2D eigenvalue weighted by Crippen LogP contribution is 2.42. The van der Waals surface area contributed by atoms with Gasteiger partial charge in [0, 0.05) is 28.6 Å². The first kappa shape index (κ1) is 14.6. The van der Waals surface area contributed by atoms with Gasteiger partial charge in [-0.25, -0.2) is 0 Å². The Balaban J connectivity index is 2.21. The minimum absolute atomic E-state index is 0.851. The molecule has 0 atom stereocenters. The summed E-state index contributed by atoms with van der Waals surface area (Å²) in [5.41, 5.74) is 1.01. The quantitative estimate of drug-likeness (QED) is 0.749. The second kappa shape index (κ2) is 6.21. The summed E-state index contributed by atoms with van der Waals surface area (Å²) in [6.07, 6.45) is 0. The molecule has 0 saturated heterocycles. The molecule has 110 valence electrons. The normalized spacial score (nSPS) is 11.1. The summed E-state index contributed by atoms with van der Waals surface area (Å²) >= 11 is 0. The lowest BCUT2D eigenvalue weighted by molar-refractivity contribution is 0.592. The van der Waals surface area contributed by atoms with Gasteiger partial charge in [-0.15, -0.1) is 0 Å². The van der Waals surface area contributed by atoms with Crippen LogP contribution in [0, 0.1) is 0 Å². The minimum atomic E-state index is -2.83. The van der Waals surface area contributed by atoms with Gasteiger partial charge in [0.05, 0.1) is 0 Å². The van der Waals surface area contributed by atoms with Gasteiger partial charge in [-0.3, -0.25) is 0 Å². The third-order valence-corrected chi connectivity index (χ3v) is 6.84. The van der Waals surface area contributed by atoms with Crippen LogP contribution in [0.25, 0.3) is 0 Å². The van der Waals surface area contributed by atoms with Crippen molar-refractivity contribution in [3.05, 3.63) is 84.9 Å². The summed E-state index contributed by atoms with van der Waals surface area (Å²) in [5.74, 6) is 0. The van der Waals surface area contributed by atoms with Gasteiger partial charge < -0.3 is 9.88 Å². The molecule has 0 aliphatic heterocycles. The molecule has 3 heteroatoms. The van der Waals surface area contributed by atoms with Gasteiger partial charge in [0.25, 0.3) is 0 Å². The van der Waals surface area contributed by atoms with E-state index >= 15 is 0 Å².